The van der Waals surface area contributed by atoms with Crippen LogP contribution in [0.15, 0.2) is 78.9 Å². The number of hydrogen-bond acceptors (Lipinski definition) is 12. The molecule has 0 spiro atoms. The molecule has 7 atom stereocenters. The van der Waals surface area contributed by atoms with Gasteiger partial charge in [-0.15, -0.1) is 0 Å². The topological polar surface area (TPSA) is 206 Å². The lowest BCUT2D eigenvalue weighted by molar-refractivity contribution is -0.144. The number of morpholine rings is 1. The molecule has 0 bridgehead atoms. The molecule has 5 heterocycles. The summed E-state index contributed by atoms with van der Waals surface area (Å²) in [6.07, 6.45) is 1.21. The standard InChI is InChI=1S/C59H73F3N10O8/c1-35-29-70(44(28-65-35)31-69-21-24-80-33-36(69)2)32-51(74)72-34-59(4,46-16-11-39(26-49(46)72)25-38-9-13-42(60)14-10-38)58(78)64-20-17-50(73)66-43-15-12-41-30-71(54(45(41)27-43)56(76)68-53-47(61)7-6-8-48(53)62)57(77)52(40-18-22-79-23-19-40)67-55(75)37(3)63-5/h6-16,26-27,35-37,40,44,52,54,63,65H,17-25,28-34H2,1-5H3,(H,64,78)(H,66,73)(H,67,75)(H,68,76)/t35-,36-,37+,44-,52+,54+,59-/m1/s1. The van der Waals surface area contributed by atoms with Crippen molar-refractivity contribution in [3.8, 4) is 0 Å². The zero-order valence-electron chi connectivity index (χ0n) is 46.0. The number of para-hydroxylation sites is 1. The monoisotopic (exact) mass is 1110 g/mol. The summed E-state index contributed by atoms with van der Waals surface area (Å²) >= 11 is 0. The molecule has 428 valence electrons. The lowest BCUT2D eigenvalue weighted by Gasteiger charge is -2.43. The number of piperazine rings is 1. The van der Waals surface area contributed by atoms with Gasteiger partial charge in [-0.1, -0.05) is 36.4 Å². The fourth-order valence-corrected chi connectivity index (χ4v) is 11.6. The van der Waals surface area contributed by atoms with Crippen LogP contribution in [-0.2, 0) is 56.6 Å². The second-order valence-corrected chi connectivity index (χ2v) is 22.1. The molecule has 6 N–H and O–H groups in total. The second kappa shape index (κ2) is 25.4. The first-order valence-corrected chi connectivity index (χ1v) is 27.7. The number of carbonyl (C=O) groups is 6. The number of nitrogens with zero attached hydrogens (tertiary/aromatic N) is 4. The smallest absolute Gasteiger partial charge is 0.252 e. The van der Waals surface area contributed by atoms with Crippen molar-refractivity contribution in [2.45, 2.75) is 102 Å². The predicted octanol–water partition coefficient (Wildman–Crippen LogP) is 4.37. The lowest BCUT2D eigenvalue weighted by atomic mass is 9.83. The Hall–Kier alpha value is -6.75. The van der Waals surface area contributed by atoms with Crippen molar-refractivity contribution in [1.82, 2.24) is 36.0 Å². The first kappa shape index (κ1) is 57.9. The molecule has 18 nitrogen and oxygen atoms in total. The highest BCUT2D eigenvalue weighted by Crippen LogP contribution is 2.43. The van der Waals surface area contributed by atoms with E-state index in [-0.39, 0.29) is 80.0 Å². The van der Waals surface area contributed by atoms with Crippen molar-refractivity contribution in [3.05, 3.63) is 124 Å². The minimum Gasteiger partial charge on any atom is -0.381 e. The first-order valence-electron chi connectivity index (χ1n) is 27.7. The highest BCUT2D eigenvalue weighted by molar-refractivity contribution is 6.04. The molecule has 4 aromatic carbocycles. The number of ether oxygens (including phenoxy) is 2. The van der Waals surface area contributed by atoms with Crippen LogP contribution in [0, 0.1) is 23.4 Å². The van der Waals surface area contributed by atoms with E-state index in [9.17, 15) is 33.2 Å². The molecule has 21 heteroatoms. The maximum atomic E-state index is 15.0. The van der Waals surface area contributed by atoms with E-state index in [0.29, 0.717) is 81.2 Å². The van der Waals surface area contributed by atoms with Crippen LogP contribution < -0.4 is 36.8 Å². The van der Waals surface area contributed by atoms with Crippen LogP contribution in [0.4, 0.5) is 30.2 Å². The third-order valence-electron chi connectivity index (χ3n) is 16.4. The van der Waals surface area contributed by atoms with Crippen LogP contribution in [0.5, 0.6) is 0 Å². The second-order valence-electron chi connectivity index (χ2n) is 22.1. The fourth-order valence-electron chi connectivity index (χ4n) is 11.6. The summed E-state index contributed by atoms with van der Waals surface area (Å²) in [4.78, 5) is 93.1. The van der Waals surface area contributed by atoms with E-state index in [0.717, 1.165) is 42.4 Å². The molecule has 5 aliphatic rings. The summed E-state index contributed by atoms with van der Waals surface area (Å²) in [7, 11) is 1.61. The molecule has 3 fully saturated rings. The maximum absolute atomic E-state index is 15.0. The van der Waals surface area contributed by atoms with Crippen LogP contribution in [0.1, 0.15) is 80.8 Å². The summed E-state index contributed by atoms with van der Waals surface area (Å²) in [5.41, 5.74) is 2.19. The van der Waals surface area contributed by atoms with Crippen molar-refractivity contribution < 1.29 is 51.4 Å². The van der Waals surface area contributed by atoms with Crippen molar-refractivity contribution in [2.75, 3.05) is 94.8 Å². The summed E-state index contributed by atoms with van der Waals surface area (Å²) in [5, 5.41) is 17.5. The average Bonchev–Trinajstić information content (AvgIpc) is 4.19. The van der Waals surface area contributed by atoms with Crippen LogP contribution >= 0.6 is 0 Å². The van der Waals surface area contributed by atoms with Gasteiger partial charge < -0.3 is 51.2 Å². The number of anilines is 3. The van der Waals surface area contributed by atoms with Gasteiger partial charge in [-0.3, -0.25) is 38.6 Å². The number of likely N-dealkylation sites (N-methyl/N-ethyl adjacent to an activating group) is 1. The molecule has 80 heavy (non-hydrogen) atoms. The minimum absolute atomic E-state index is 0.0518. The molecule has 0 unspecified atom stereocenters. The van der Waals surface area contributed by atoms with E-state index in [2.05, 4.69) is 55.5 Å². The maximum Gasteiger partial charge on any atom is 0.252 e. The highest BCUT2D eigenvalue weighted by atomic mass is 19.1. The van der Waals surface area contributed by atoms with Crippen LogP contribution in [0.3, 0.4) is 0 Å². The van der Waals surface area contributed by atoms with Gasteiger partial charge >= 0.3 is 0 Å². The van der Waals surface area contributed by atoms with Gasteiger partial charge in [0.25, 0.3) is 5.91 Å². The van der Waals surface area contributed by atoms with Gasteiger partial charge in [-0.25, -0.2) is 13.2 Å². The van der Waals surface area contributed by atoms with Gasteiger partial charge in [0.05, 0.1) is 31.2 Å². The largest absolute Gasteiger partial charge is 0.381 e. The normalized spacial score (nSPS) is 23.1. The molecule has 5 aliphatic heterocycles. The number of fused-ring (bicyclic) bond motifs is 2. The minimum atomic E-state index is -1.44. The lowest BCUT2D eigenvalue weighted by Crippen LogP contribution is -2.62. The van der Waals surface area contributed by atoms with E-state index in [1.54, 1.807) is 50.1 Å². The SMILES string of the molecule is CN[C@@H](C)C(=O)N[C@H](C(=O)N1Cc2ccc(NC(=O)CCNC(=O)[C@]3(C)CN(C(=O)CN4C[C@@H](C)NC[C@@H]4CN4CCOC[C@H]4C)c4cc(Cc5ccc(F)cc5)ccc43)cc2[C@H]1C(=O)Nc1c(F)cccc1F)C1CCOCC1. The Balaban J connectivity index is 0.905. The van der Waals surface area contributed by atoms with E-state index in [1.807, 2.05) is 18.2 Å². The molecule has 3 saturated heterocycles. The van der Waals surface area contributed by atoms with Crippen molar-refractivity contribution >= 4 is 52.5 Å². The van der Waals surface area contributed by atoms with Gasteiger partial charge in [0.1, 0.15) is 35.2 Å². The number of halogens is 3. The van der Waals surface area contributed by atoms with Crippen molar-refractivity contribution in [3.63, 3.8) is 0 Å². The third-order valence-corrected chi connectivity index (χ3v) is 16.4. The van der Waals surface area contributed by atoms with E-state index < -0.39 is 64.5 Å². The summed E-state index contributed by atoms with van der Waals surface area (Å²) in [6, 6.07) is 17.2. The number of carbonyl (C=O) groups excluding carboxylic acids is 6. The van der Waals surface area contributed by atoms with Crippen molar-refractivity contribution in [2.24, 2.45) is 5.92 Å². The number of amides is 6. The van der Waals surface area contributed by atoms with Gasteiger partial charge in [0, 0.05) is 94.9 Å². The Morgan fingerprint density at radius 3 is 2.33 bits per heavy atom. The predicted molar refractivity (Wildman–Crippen MR) is 295 cm³/mol. The third kappa shape index (κ3) is 13.0. The fraction of sp³-hybridized carbons (Fsp3) is 0.492. The van der Waals surface area contributed by atoms with Gasteiger partial charge in [-0.05, 0) is 130 Å². The van der Waals surface area contributed by atoms with Crippen LogP contribution in [0.2, 0.25) is 0 Å². The molecule has 4 aromatic rings. The number of rotatable bonds is 18. The van der Waals surface area contributed by atoms with Crippen LogP contribution in [0.25, 0.3) is 0 Å². The van der Waals surface area contributed by atoms with Gasteiger partial charge in [0.15, 0.2) is 0 Å². The molecule has 6 amide bonds. The molecule has 0 aromatic heterocycles. The Bertz CT molecular complexity index is 2930. The quantitative estimate of drug-likeness (QED) is 0.0823. The number of nitrogens with one attached hydrogen (secondary N) is 6. The zero-order valence-corrected chi connectivity index (χ0v) is 46.0. The summed E-state index contributed by atoms with van der Waals surface area (Å²) in [5.74, 6) is -5.69. The van der Waals surface area contributed by atoms with Gasteiger partial charge in [0.2, 0.25) is 29.5 Å². The van der Waals surface area contributed by atoms with Crippen molar-refractivity contribution in [1.29, 1.82) is 0 Å². The van der Waals surface area contributed by atoms with Gasteiger partial charge in [-0.2, -0.15) is 0 Å². The van der Waals surface area contributed by atoms with E-state index in [1.165, 1.54) is 23.1 Å². The molecular formula is C59H73F3N10O8. The van der Waals surface area contributed by atoms with Crippen LogP contribution in [-0.4, -0.2) is 160 Å². The molecule has 0 saturated carbocycles. The zero-order chi connectivity index (χ0) is 56.8. The summed E-state index contributed by atoms with van der Waals surface area (Å²) < 4.78 is 55.1. The Morgan fingerprint density at radius 1 is 0.863 bits per heavy atom. The van der Waals surface area contributed by atoms with E-state index in [4.69, 9.17) is 9.47 Å². The average molecular weight is 1110 g/mol. The Labute approximate surface area is 464 Å². The Kier molecular flexibility index (Phi) is 18.4. The number of benzene rings is 4. The first-order chi connectivity index (χ1) is 38.4. The number of hydrogen-bond donors (Lipinski definition) is 6. The Morgan fingerprint density at radius 2 is 1.60 bits per heavy atom. The molecular weight excluding hydrogens is 1030 g/mol. The van der Waals surface area contributed by atoms with E-state index >= 15 is 8.78 Å². The molecule has 0 radical (unpaired) electrons. The molecule has 0 aliphatic carbocycles. The molecule has 9 rings (SSSR count). The highest BCUT2D eigenvalue weighted by Gasteiger charge is 2.48. The summed E-state index contributed by atoms with van der Waals surface area (Å²) in [6.45, 7) is 12.7.